The fourth-order valence-electron chi connectivity index (χ4n) is 2.59. The van der Waals surface area contributed by atoms with Crippen LogP contribution in [0.15, 0.2) is 53.4 Å². The summed E-state index contributed by atoms with van der Waals surface area (Å²) in [6.45, 7) is 3.10. The van der Waals surface area contributed by atoms with Crippen molar-refractivity contribution in [2.24, 2.45) is 0 Å². The number of fused-ring (bicyclic) bond motifs is 1. The van der Waals surface area contributed by atoms with Crippen molar-refractivity contribution in [3.05, 3.63) is 54.3 Å². The lowest BCUT2D eigenvalue weighted by molar-refractivity contribution is -0.117. The van der Waals surface area contributed by atoms with Crippen molar-refractivity contribution in [1.29, 1.82) is 0 Å². The summed E-state index contributed by atoms with van der Waals surface area (Å²) in [6.07, 6.45) is 0.960. The second-order valence-corrected chi connectivity index (χ2v) is 7.07. The van der Waals surface area contributed by atoms with E-state index >= 15 is 0 Å². The highest BCUT2D eigenvalue weighted by Gasteiger charge is 2.23. The number of nitrogens with zero attached hydrogens (tertiary/aromatic N) is 1. The van der Waals surface area contributed by atoms with Gasteiger partial charge in [-0.3, -0.25) is 4.79 Å². The molecule has 1 amide bonds. The Morgan fingerprint density at radius 3 is 2.78 bits per heavy atom. The van der Waals surface area contributed by atoms with E-state index in [0.717, 1.165) is 29.2 Å². The van der Waals surface area contributed by atoms with E-state index < -0.39 is 0 Å². The molecule has 0 saturated carbocycles. The lowest BCUT2D eigenvalue weighted by Gasteiger charge is -2.23. The molecule has 0 fully saturated rings. The zero-order chi connectivity index (χ0) is 16.2. The molecule has 0 spiro atoms. The Morgan fingerprint density at radius 2 is 2.00 bits per heavy atom. The zero-order valence-electron chi connectivity index (χ0n) is 13.0. The van der Waals surface area contributed by atoms with E-state index in [1.807, 2.05) is 34.9 Å². The van der Waals surface area contributed by atoms with Crippen LogP contribution >= 0.6 is 11.8 Å². The summed E-state index contributed by atoms with van der Waals surface area (Å²) < 4.78 is 12.9. The summed E-state index contributed by atoms with van der Waals surface area (Å²) >= 11 is 1.81. The van der Waals surface area contributed by atoms with Crippen LogP contribution in [0, 0.1) is 5.82 Å². The molecule has 1 unspecified atom stereocenters. The maximum Gasteiger partial charge on any atom is 0.246 e. The van der Waals surface area contributed by atoms with Gasteiger partial charge in [0.15, 0.2) is 0 Å². The van der Waals surface area contributed by atoms with E-state index in [-0.39, 0.29) is 18.3 Å². The molecule has 3 nitrogen and oxygen atoms in total. The Morgan fingerprint density at radius 1 is 1.26 bits per heavy atom. The first-order valence-corrected chi connectivity index (χ1v) is 8.57. The molecule has 0 aliphatic carbocycles. The predicted molar refractivity (Wildman–Crippen MR) is 93.6 cm³/mol. The monoisotopic (exact) mass is 330 g/mol. The fourth-order valence-corrected chi connectivity index (χ4v) is 3.70. The fraction of sp³-hybridized carbons (Fsp3) is 0.278. The van der Waals surface area contributed by atoms with Gasteiger partial charge >= 0.3 is 0 Å². The third-order valence-corrected chi connectivity index (χ3v) is 5.07. The minimum Gasteiger partial charge on any atom is -0.376 e. The first kappa shape index (κ1) is 15.9. The maximum absolute atomic E-state index is 12.9. The second-order valence-electron chi connectivity index (χ2n) is 5.59. The van der Waals surface area contributed by atoms with Gasteiger partial charge in [0.1, 0.15) is 5.82 Å². The van der Waals surface area contributed by atoms with E-state index in [4.69, 9.17) is 0 Å². The molecule has 0 aromatic heterocycles. The second kappa shape index (κ2) is 7.04. The van der Waals surface area contributed by atoms with E-state index in [1.165, 1.54) is 12.1 Å². The number of thioether (sulfide) groups is 1. The van der Waals surface area contributed by atoms with Crippen molar-refractivity contribution < 1.29 is 9.18 Å². The van der Waals surface area contributed by atoms with Crippen LogP contribution in [-0.2, 0) is 4.79 Å². The highest BCUT2D eigenvalue weighted by atomic mass is 32.2. The van der Waals surface area contributed by atoms with Gasteiger partial charge in [0, 0.05) is 22.4 Å². The Hall–Kier alpha value is -2.01. The number of anilines is 2. The Bertz CT molecular complexity index is 690. The number of carbonyl (C=O) groups excluding carboxylic acids is 1. The van der Waals surface area contributed by atoms with Gasteiger partial charge < -0.3 is 10.2 Å². The van der Waals surface area contributed by atoms with Gasteiger partial charge in [-0.15, -0.1) is 11.8 Å². The Balaban J connectivity index is 1.72. The molecular formula is C18H19FN2OS. The topological polar surface area (TPSA) is 32.3 Å². The zero-order valence-corrected chi connectivity index (χ0v) is 13.8. The van der Waals surface area contributed by atoms with Crippen LogP contribution in [0.4, 0.5) is 15.8 Å². The molecular weight excluding hydrogens is 311 g/mol. The Labute approximate surface area is 139 Å². The largest absolute Gasteiger partial charge is 0.376 e. The summed E-state index contributed by atoms with van der Waals surface area (Å²) in [5.41, 5.74) is 1.72. The number of benzene rings is 2. The summed E-state index contributed by atoms with van der Waals surface area (Å²) in [5.74, 6) is -0.259. The SMILES string of the molecule is CC1CCN(C(=O)CNc2ccc(F)cc2)c2ccccc2S1. The number of amides is 1. The molecule has 0 radical (unpaired) electrons. The highest BCUT2D eigenvalue weighted by Crippen LogP contribution is 2.37. The molecule has 1 aliphatic rings. The molecule has 1 aliphatic heterocycles. The van der Waals surface area contributed by atoms with Crippen LogP contribution in [0.3, 0.4) is 0 Å². The van der Waals surface area contributed by atoms with Crippen molar-refractivity contribution >= 4 is 29.0 Å². The van der Waals surface area contributed by atoms with Crippen molar-refractivity contribution in [1.82, 2.24) is 0 Å². The van der Waals surface area contributed by atoms with Gasteiger partial charge in [-0.25, -0.2) is 4.39 Å². The summed E-state index contributed by atoms with van der Waals surface area (Å²) in [7, 11) is 0. The standard InChI is InChI=1S/C18H19FN2OS/c1-13-10-11-21(16-4-2-3-5-17(16)23-13)18(22)12-20-15-8-6-14(19)7-9-15/h2-9,13,20H,10-12H2,1H3. The van der Waals surface area contributed by atoms with Gasteiger partial charge in [0.2, 0.25) is 5.91 Å². The van der Waals surface area contributed by atoms with Crippen LogP contribution in [-0.4, -0.2) is 24.2 Å². The predicted octanol–water partition coefficient (Wildman–Crippen LogP) is 4.16. The van der Waals surface area contributed by atoms with Gasteiger partial charge in [-0.2, -0.15) is 0 Å². The molecule has 1 heterocycles. The van der Waals surface area contributed by atoms with Crippen LogP contribution in [0.25, 0.3) is 0 Å². The van der Waals surface area contributed by atoms with E-state index in [9.17, 15) is 9.18 Å². The van der Waals surface area contributed by atoms with Gasteiger partial charge in [-0.1, -0.05) is 19.1 Å². The lowest BCUT2D eigenvalue weighted by atomic mass is 10.2. The number of hydrogen-bond acceptors (Lipinski definition) is 3. The summed E-state index contributed by atoms with van der Waals surface area (Å²) in [5, 5.41) is 3.55. The highest BCUT2D eigenvalue weighted by molar-refractivity contribution is 8.00. The van der Waals surface area contributed by atoms with Crippen LogP contribution in [0.1, 0.15) is 13.3 Å². The van der Waals surface area contributed by atoms with Gasteiger partial charge in [0.05, 0.1) is 12.2 Å². The summed E-state index contributed by atoms with van der Waals surface area (Å²) in [6, 6.07) is 14.1. The van der Waals surface area contributed by atoms with Crippen LogP contribution in [0.5, 0.6) is 0 Å². The van der Waals surface area contributed by atoms with Crippen molar-refractivity contribution in [2.45, 2.75) is 23.5 Å². The molecule has 0 bridgehead atoms. The molecule has 120 valence electrons. The molecule has 3 rings (SSSR count). The normalized spacial score (nSPS) is 17.3. The average molecular weight is 330 g/mol. The van der Waals surface area contributed by atoms with E-state index in [1.54, 1.807) is 12.1 Å². The van der Waals surface area contributed by atoms with Crippen LogP contribution < -0.4 is 10.2 Å². The van der Waals surface area contributed by atoms with E-state index in [0.29, 0.717) is 5.25 Å². The average Bonchev–Trinajstić information content (AvgIpc) is 2.72. The van der Waals surface area contributed by atoms with Gasteiger partial charge in [0.25, 0.3) is 0 Å². The number of rotatable bonds is 3. The molecule has 1 N–H and O–H groups in total. The number of hydrogen-bond donors (Lipinski definition) is 1. The molecule has 1 atom stereocenters. The minimum atomic E-state index is -0.283. The molecule has 0 saturated heterocycles. The number of para-hydroxylation sites is 1. The third-order valence-electron chi connectivity index (χ3n) is 3.83. The van der Waals surface area contributed by atoms with E-state index in [2.05, 4.69) is 18.3 Å². The molecule has 5 heteroatoms. The smallest absolute Gasteiger partial charge is 0.246 e. The van der Waals surface area contributed by atoms with Gasteiger partial charge in [-0.05, 0) is 42.8 Å². The van der Waals surface area contributed by atoms with Crippen LogP contribution in [0.2, 0.25) is 0 Å². The van der Waals surface area contributed by atoms with Crippen molar-refractivity contribution in [3.8, 4) is 0 Å². The first-order chi connectivity index (χ1) is 11.1. The maximum atomic E-state index is 12.9. The number of halogens is 1. The third kappa shape index (κ3) is 3.85. The quantitative estimate of drug-likeness (QED) is 0.917. The minimum absolute atomic E-state index is 0.0245. The van der Waals surface area contributed by atoms with Crippen molar-refractivity contribution in [3.63, 3.8) is 0 Å². The summed E-state index contributed by atoms with van der Waals surface area (Å²) in [4.78, 5) is 15.6. The Kier molecular flexibility index (Phi) is 4.86. The van der Waals surface area contributed by atoms with Crippen molar-refractivity contribution in [2.75, 3.05) is 23.3 Å². The number of nitrogens with one attached hydrogen (secondary N) is 1. The molecule has 23 heavy (non-hydrogen) atoms. The first-order valence-electron chi connectivity index (χ1n) is 7.69. The number of carbonyl (C=O) groups is 1. The molecule has 2 aromatic carbocycles. The lowest BCUT2D eigenvalue weighted by Crippen LogP contribution is -2.36. The molecule has 2 aromatic rings.